The number of hydrogen-bond donors (Lipinski definition) is 7. The minimum Gasteiger partial charge on any atom is -0.394 e. The van der Waals surface area contributed by atoms with E-state index in [-0.39, 0.29) is 43.6 Å². The number of fused-ring (bicyclic) bond motifs is 1. The van der Waals surface area contributed by atoms with E-state index in [4.69, 9.17) is 41.5 Å². The predicted octanol–water partition coefficient (Wildman–Crippen LogP) is -1.67. The summed E-state index contributed by atoms with van der Waals surface area (Å²) in [5, 5.41) is 23.6. The molecule has 2 fully saturated rings. The fourth-order valence-electron chi connectivity index (χ4n) is 5.03. The van der Waals surface area contributed by atoms with Gasteiger partial charge in [0.05, 0.1) is 25.6 Å². The van der Waals surface area contributed by atoms with E-state index in [2.05, 4.69) is 30.0 Å². The van der Waals surface area contributed by atoms with Gasteiger partial charge in [0.2, 0.25) is 0 Å². The molecule has 0 aliphatic carbocycles. The Kier molecular flexibility index (Phi) is 10.2. The zero-order chi connectivity index (χ0) is 32.1. The molecule has 21 heteroatoms. The van der Waals surface area contributed by atoms with E-state index in [1.54, 1.807) is 4.57 Å². The molecule has 20 nitrogen and oxygen atoms in total. The summed E-state index contributed by atoms with van der Waals surface area (Å²) >= 11 is 0. The van der Waals surface area contributed by atoms with Crippen molar-refractivity contribution in [2.45, 2.75) is 62.6 Å². The van der Waals surface area contributed by atoms with Crippen LogP contribution in [-0.4, -0.2) is 96.0 Å². The highest BCUT2D eigenvalue weighted by atomic mass is 31.2. The van der Waals surface area contributed by atoms with Crippen LogP contribution >= 0.6 is 7.75 Å². The smallest absolute Gasteiger partial charge is 0.394 e. The van der Waals surface area contributed by atoms with Gasteiger partial charge in [-0.05, 0) is 18.9 Å². The predicted molar refractivity (Wildman–Crippen MR) is 159 cm³/mol. The van der Waals surface area contributed by atoms with Crippen LogP contribution in [-0.2, 0) is 23.1 Å². The number of anilines is 2. The molecule has 7 unspecified atom stereocenters. The van der Waals surface area contributed by atoms with Gasteiger partial charge in [0.15, 0.2) is 17.4 Å². The number of imidazole rings is 1. The maximum Gasteiger partial charge on any atom is 0.405 e. The molecule has 2 aliphatic heterocycles. The molecule has 0 amide bonds. The van der Waals surface area contributed by atoms with Gasteiger partial charge in [0.1, 0.15) is 48.4 Å². The fraction of sp³-hybridized carbons (Fsp3) is 0.583. The first kappa shape index (κ1) is 32.6. The molecule has 0 spiro atoms. The summed E-state index contributed by atoms with van der Waals surface area (Å²) in [6.45, 7) is -0.246. The van der Waals surface area contributed by atoms with Crippen LogP contribution in [0.1, 0.15) is 38.1 Å². The van der Waals surface area contributed by atoms with Crippen molar-refractivity contribution in [3.63, 3.8) is 0 Å². The average Bonchev–Trinajstić information content (AvgIpc) is 3.71. The number of hydrogen-bond acceptors (Lipinski definition) is 15. The van der Waals surface area contributed by atoms with Crippen molar-refractivity contribution in [1.82, 2.24) is 34.2 Å². The number of nitrogens with one attached hydrogen (secondary N) is 1. The highest BCUT2D eigenvalue weighted by Crippen LogP contribution is 2.49. The largest absolute Gasteiger partial charge is 0.405 e. The first-order chi connectivity index (χ1) is 21.6. The van der Waals surface area contributed by atoms with E-state index in [0.29, 0.717) is 30.6 Å². The molecular formula is C24H37N12O8P. The third-order valence-corrected chi connectivity index (χ3v) is 8.94. The molecule has 5 heterocycles. The number of nitrogens with two attached hydrogens (primary N) is 4. The topological polar surface area (TPSA) is 301 Å². The summed E-state index contributed by atoms with van der Waals surface area (Å²) in [6, 6.07) is 1.43. The van der Waals surface area contributed by atoms with Crippen molar-refractivity contribution < 1.29 is 33.3 Å². The Bertz CT molecular complexity index is 1600. The minimum absolute atomic E-state index is 0.0328. The number of nitrogens with zero attached hydrogens (tertiary/aromatic N) is 7. The van der Waals surface area contributed by atoms with Crippen LogP contribution in [0.2, 0.25) is 0 Å². The molecule has 11 N–H and O–H groups in total. The lowest BCUT2D eigenvalue weighted by atomic mass is 10.2. The molecule has 0 saturated carbocycles. The molecule has 2 aliphatic rings. The molecule has 45 heavy (non-hydrogen) atoms. The van der Waals surface area contributed by atoms with Gasteiger partial charge in [-0.3, -0.25) is 23.2 Å². The van der Waals surface area contributed by atoms with Crippen LogP contribution < -0.4 is 33.7 Å². The molecule has 246 valence electrons. The summed E-state index contributed by atoms with van der Waals surface area (Å²) in [4.78, 5) is 32.4. The SMILES string of the molecule is NC(N)=NCCCCNP(=O)(OCC1OC(n2cnc3c(N)ncnc32)CC1O)OC1CC(n2ccc(N)nc2=O)OC1CO. The monoisotopic (exact) mass is 652 g/mol. The van der Waals surface area contributed by atoms with Gasteiger partial charge in [-0.1, -0.05) is 0 Å². The molecule has 0 bridgehead atoms. The Morgan fingerprint density at radius 2 is 1.91 bits per heavy atom. The van der Waals surface area contributed by atoms with Crippen molar-refractivity contribution in [2.75, 3.05) is 37.8 Å². The second-order valence-electron chi connectivity index (χ2n) is 10.5. The molecule has 0 aromatic carbocycles. The van der Waals surface area contributed by atoms with Crippen molar-refractivity contribution in [3.05, 3.63) is 35.4 Å². The summed E-state index contributed by atoms with van der Waals surface area (Å²) < 4.78 is 40.5. The summed E-state index contributed by atoms with van der Waals surface area (Å²) in [5.41, 5.74) is 22.4. The first-order valence-corrected chi connectivity index (χ1v) is 15.7. The number of guanidine groups is 1. The number of ether oxygens (including phenoxy) is 2. The van der Waals surface area contributed by atoms with Gasteiger partial charge in [-0.15, -0.1) is 0 Å². The maximum absolute atomic E-state index is 14.1. The van der Waals surface area contributed by atoms with Gasteiger partial charge >= 0.3 is 13.4 Å². The third kappa shape index (κ3) is 7.74. The van der Waals surface area contributed by atoms with Gasteiger partial charge in [-0.25, -0.2) is 29.4 Å². The van der Waals surface area contributed by atoms with Crippen LogP contribution in [0.5, 0.6) is 0 Å². The molecule has 3 aromatic heterocycles. The first-order valence-electron chi connectivity index (χ1n) is 14.2. The zero-order valence-corrected chi connectivity index (χ0v) is 25.1. The lowest BCUT2D eigenvalue weighted by Gasteiger charge is -2.26. The number of aliphatic hydroxyl groups is 2. The lowest BCUT2D eigenvalue weighted by molar-refractivity contribution is -0.0520. The maximum atomic E-state index is 14.1. The van der Waals surface area contributed by atoms with Crippen molar-refractivity contribution >= 4 is 36.5 Å². The number of unbranched alkanes of at least 4 members (excludes halogenated alkanes) is 1. The summed E-state index contributed by atoms with van der Waals surface area (Å²) in [5.74, 6) is 0.214. The Labute approximate surface area is 256 Å². The second kappa shape index (κ2) is 14.1. The number of aliphatic imine (C=N–C) groups is 1. The lowest BCUT2D eigenvalue weighted by Crippen LogP contribution is -2.32. The number of aromatic nitrogens is 6. The van der Waals surface area contributed by atoms with Gasteiger partial charge in [0.25, 0.3) is 0 Å². The number of nitrogen functional groups attached to an aromatic ring is 2. The van der Waals surface area contributed by atoms with Crippen LogP contribution in [0.15, 0.2) is 34.7 Å². The molecule has 3 aromatic rings. The highest BCUT2D eigenvalue weighted by molar-refractivity contribution is 7.51. The standard InChI is InChI=1S/C24H37N12O8P/c25-17-3-6-35(24(39)34-17)19-8-14(15(9-37)42-19)44-45(40,33-5-2-1-4-29-23(27)28)41-10-16-13(38)7-18(43-16)36-12-32-20-21(26)30-11-31-22(20)36/h3,6,11-16,18-19,37-38H,1-2,4-5,7-10H2,(H,33,40)(H2,25,34,39)(H2,26,30,31)(H4,27,28,29). The Hall–Kier alpha value is -3.75. The van der Waals surface area contributed by atoms with Gasteiger partial charge in [-0.2, -0.15) is 4.98 Å². The third-order valence-electron chi connectivity index (χ3n) is 7.29. The average molecular weight is 653 g/mol. The van der Waals surface area contributed by atoms with E-state index in [0.717, 1.165) is 0 Å². The van der Waals surface area contributed by atoms with Gasteiger partial charge < -0.3 is 42.6 Å². The molecule has 5 rings (SSSR count). The van der Waals surface area contributed by atoms with E-state index in [9.17, 15) is 19.6 Å². The van der Waals surface area contributed by atoms with Crippen LogP contribution in [0.25, 0.3) is 11.2 Å². The summed E-state index contributed by atoms with van der Waals surface area (Å²) in [7, 11) is -4.13. The van der Waals surface area contributed by atoms with Crippen molar-refractivity contribution in [2.24, 2.45) is 16.5 Å². The Morgan fingerprint density at radius 1 is 1.13 bits per heavy atom. The van der Waals surface area contributed by atoms with E-state index in [1.807, 2.05) is 0 Å². The normalized spacial score (nSPS) is 26.3. The fourth-order valence-corrected chi connectivity index (χ4v) is 6.61. The highest BCUT2D eigenvalue weighted by Gasteiger charge is 2.43. The van der Waals surface area contributed by atoms with Crippen LogP contribution in [0.3, 0.4) is 0 Å². The van der Waals surface area contributed by atoms with Crippen LogP contribution in [0, 0.1) is 0 Å². The van der Waals surface area contributed by atoms with E-state index < -0.39 is 56.9 Å². The molecular weight excluding hydrogens is 615 g/mol. The quantitative estimate of drug-likeness (QED) is 0.0443. The minimum atomic E-state index is -4.13. The van der Waals surface area contributed by atoms with E-state index in [1.165, 1.54) is 29.5 Å². The second-order valence-corrected chi connectivity index (χ2v) is 12.2. The Morgan fingerprint density at radius 3 is 2.67 bits per heavy atom. The Balaban J connectivity index is 1.27. The van der Waals surface area contributed by atoms with Gasteiger partial charge in [0, 0.05) is 32.1 Å². The number of rotatable bonds is 14. The van der Waals surface area contributed by atoms with Crippen molar-refractivity contribution in [3.8, 4) is 0 Å². The molecule has 0 radical (unpaired) electrons. The summed E-state index contributed by atoms with van der Waals surface area (Å²) in [6.07, 6.45) is 0.184. The zero-order valence-electron chi connectivity index (χ0n) is 24.2. The molecule has 2 saturated heterocycles. The van der Waals surface area contributed by atoms with Crippen LogP contribution in [0.4, 0.5) is 11.6 Å². The molecule has 7 atom stereocenters. The number of aliphatic hydroxyl groups excluding tert-OH is 2. The van der Waals surface area contributed by atoms with E-state index >= 15 is 0 Å². The van der Waals surface area contributed by atoms with Crippen molar-refractivity contribution in [1.29, 1.82) is 0 Å².